The third-order valence-electron chi connectivity index (χ3n) is 2.80. The van der Waals surface area contributed by atoms with Crippen molar-refractivity contribution in [2.24, 2.45) is 0 Å². The Morgan fingerprint density at radius 2 is 2.30 bits per heavy atom. The molecule has 0 N–H and O–H groups in total. The van der Waals surface area contributed by atoms with Gasteiger partial charge in [-0.15, -0.1) is 5.92 Å². The van der Waals surface area contributed by atoms with E-state index in [2.05, 4.69) is 34.4 Å². The number of nitrogens with zero attached hydrogens (tertiary/aromatic N) is 3. The highest BCUT2D eigenvalue weighted by Crippen LogP contribution is 2.22. The van der Waals surface area contributed by atoms with Gasteiger partial charge < -0.3 is 4.74 Å². The average molecular weight is 313 g/mol. The fraction of sp³-hybridized carbons (Fsp3) is 0.500. The van der Waals surface area contributed by atoms with Crippen LogP contribution in [0.25, 0.3) is 0 Å². The molecule has 0 aliphatic carbocycles. The zero-order valence-electron chi connectivity index (χ0n) is 11.0. The summed E-state index contributed by atoms with van der Waals surface area (Å²) in [6, 6.07) is 0. The van der Waals surface area contributed by atoms with E-state index in [0.717, 1.165) is 6.42 Å². The quantitative estimate of drug-likeness (QED) is 0.650. The maximum Gasteiger partial charge on any atom is 0.262 e. The fourth-order valence-electron chi connectivity index (χ4n) is 1.76. The van der Waals surface area contributed by atoms with Gasteiger partial charge in [-0.25, -0.2) is 18.4 Å². The van der Waals surface area contributed by atoms with Gasteiger partial charge in [-0.05, 0) is 13.3 Å². The minimum atomic E-state index is -3.59. The first kappa shape index (κ1) is 15.1. The Bertz CT molecular complexity index is 620. The lowest BCUT2D eigenvalue weighted by Crippen LogP contribution is -2.29. The fourth-order valence-corrected chi connectivity index (χ4v) is 3.54. The summed E-state index contributed by atoms with van der Waals surface area (Å²) < 4.78 is 31.1. The highest BCUT2D eigenvalue weighted by molar-refractivity contribution is 7.89. The normalized spacial score (nSPS) is 19.4. The van der Waals surface area contributed by atoms with Gasteiger partial charge in [-0.1, -0.05) is 5.92 Å². The van der Waals surface area contributed by atoms with E-state index in [9.17, 15) is 8.42 Å². The molecule has 0 spiro atoms. The molecule has 2 rings (SSSR count). The Labute approximate surface area is 124 Å². The summed E-state index contributed by atoms with van der Waals surface area (Å²) in [6.07, 6.45) is 3.24. The van der Waals surface area contributed by atoms with Gasteiger partial charge in [0, 0.05) is 18.3 Å². The van der Waals surface area contributed by atoms with Gasteiger partial charge in [0.1, 0.15) is 0 Å². The van der Waals surface area contributed by atoms with Crippen molar-refractivity contribution in [3.63, 3.8) is 0 Å². The first-order chi connectivity index (χ1) is 9.54. The monoisotopic (exact) mass is 313 g/mol. The molecule has 1 unspecified atom stereocenters. The van der Waals surface area contributed by atoms with Gasteiger partial charge in [0.25, 0.3) is 10.0 Å². The molecule has 0 radical (unpaired) electrons. The number of rotatable bonds is 4. The van der Waals surface area contributed by atoms with Crippen molar-refractivity contribution in [2.45, 2.75) is 23.6 Å². The topological polar surface area (TPSA) is 72.4 Å². The largest absolute Gasteiger partial charge is 0.463 e. The average Bonchev–Trinajstić information content (AvgIpc) is 2.87. The van der Waals surface area contributed by atoms with Crippen LogP contribution in [0.1, 0.15) is 13.3 Å². The maximum atomic E-state index is 12.3. The highest BCUT2D eigenvalue weighted by Gasteiger charge is 2.32. The highest BCUT2D eigenvalue weighted by atomic mass is 32.2. The molecular weight excluding hydrogens is 298 g/mol. The van der Waals surface area contributed by atoms with Crippen LogP contribution >= 0.6 is 12.6 Å². The second-order valence-electron chi connectivity index (χ2n) is 4.21. The summed E-state index contributed by atoms with van der Waals surface area (Å²) in [4.78, 5) is 7.84. The molecule has 8 heteroatoms. The first-order valence-electron chi connectivity index (χ1n) is 6.06. The number of thiol groups is 1. The Morgan fingerprint density at radius 3 is 2.85 bits per heavy atom. The minimum Gasteiger partial charge on any atom is -0.463 e. The summed E-state index contributed by atoms with van der Waals surface area (Å²) in [7, 11) is -3.59. The number of aromatic nitrogens is 2. The second-order valence-corrected chi connectivity index (χ2v) is 6.83. The van der Waals surface area contributed by atoms with Gasteiger partial charge in [0.05, 0.1) is 12.4 Å². The molecule has 0 aromatic carbocycles. The standard InChI is InChI=1S/C12H15N3O3S2/c1-2-3-6-18-11-7-14-12(8-13-11)20(16,17)15-5-4-10(19)9-15/h7-8,10,19H,4-6,9H2,1H3. The van der Waals surface area contributed by atoms with E-state index in [1.165, 1.54) is 16.7 Å². The molecule has 1 atom stereocenters. The van der Waals surface area contributed by atoms with E-state index in [-0.39, 0.29) is 22.8 Å². The molecule has 0 bridgehead atoms. The van der Waals surface area contributed by atoms with Crippen LogP contribution in [0.15, 0.2) is 17.4 Å². The molecule has 1 aliphatic rings. The Balaban J connectivity index is 2.10. The van der Waals surface area contributed by atoms with E-state index >= 15 is 0 Å². The Morgan fingerprint density at radius 1 is 1.50 bits per heavy atom. The van der Waals surface area contributed by atoms with E-state index < -0.39 is 10.0 Å². The zero-order valence-corrected chi connectivity index (χ0v) is 12.7. The van der Waals surface area contributed by atoms with Gasteiger partial charge in [0.2, 0.25) is 5.88 Å². The SMILES string of the molecule is CC#CCOc1cnc(S(=O)(=O)N2CCC(S)C2)cn1. The van der Waals surface area contributed by atoms with E-state index in [1.807, 2.05) is 0 Å². The molecule has 1 fully saturated rings. The molecule has 0 saturated carbocycles. The third kappa shape index (κ3) is 3.42. The summed E-state index contributed by atoms with van der Waals surface area (Å²) in [5.41, 5.74) is 0. The van der Waals surface area contributed by atoms with Crippen LogP contribution < -0.4 is 4.74 Å². The van der Waals surface area contributed by atoms with Crippen molar-refractivity contribution in [1.29, 1.82) is 0 Å². The van der Waals surface area contributed by atoms with Gasteiger partial charge in [0.15, 0.2) is 11.6 Å². The lowest BCUT2D eigenvalue weighted by Gasteiger charge is -2.14. The number of sulfonamides is 1. The molecule has 1 aromatic rings. The van der Waals surface area contributed by atoms with Crippen molar-refractivity contribution >= 4 is 22.7 Å². The van der Waals surface area contributed by atoms with Gasteiger partial charge in [-0.3, -0.25) is 0 Å². The van der Waals surface area contributed by atoms with Crippen molar-refractivity contribution in [3.05, 3.63) is 12.4 Å². The summed E-state index contributed by atoms with van der Waals surface area (Å²) in [6.45, 7) is 2.76. The van der Waals surface area contributed by atoms with Gasteiger partial charge >= 0.3 is 0 Å². The van der Waals surface area contributed by atoms with Crippen LogP contribution in [0.2, 0.25) is 0 Å². The molecule has 108 valence electrons. The number of hydrogen-bond acceptors (Lipinski definition) is 6. The third-order valence-corrected chi connectivity index (χ3v) is 4.98. The predicted molar refractivity (Wildman–Crippen MR) is 77.1 cm³/mol. The first-order valence-corrected chi connectivity index (χ1v) is 8.02. The molecule has 20 heavy (non-hydrogen) atoms. The number of hydrogen-bond donors (Lipinski definition) is 1. The van der Waals surface area contributed by atoms with Gasteiger partial charge in [-0.2, -0.15) is 16.9 Å². The van der Waals surface area contributed by atoms with E-state index in [0.29, 0.717) is 13.1 Å². The Kier molecular flexibility index (Phi) is 4.86. The number of ether oxygens (including phenoxy) is 1. The molecule has 6 nitrogen and oxygen atoms in total. The van der Waals surface area contributed by atoms with Crippen LogP contribution in [0, 0.1) is 11.8 Å². The zero-order chi connectivity index (χ0) is 14.6. The summed E-state index contributed by atoms with van der Waals surface area (Å²) >= 11 is 4.28. The molecule has 1 aromatic heterocycles. The minimum absolute atomic E-state index is 0.0751. The van der Waals surface area contributed by atoms with Crippen molar-refractivity contribution in [3.8, 4) is 17.7 Å². The van der Waals surface area contributed by atoms with Crippen LogP contribution in [-0.2, 0) is 10.0 Å². The molecule has 2 heterocycles. The van der Waals surface area contributed by atoms with E-state index in [1.54, 1.807) is 6.92 Å². The molecule has 0 amide bonds. The van der Waals surface area contributed by atoms with Crippen LogP contribution in [0.3, 0.4) is 0 Å². The Hall–Kier alpha value is -1.30. The molecular formula is C12H15N3O3S2. The van der Waals surface area contributed by atoms with Crippen molar-refractivity contribution in [1.82, 2.24) is 14.3 Å². The van der Waals surface area contributed by atoms with Crippen molar-refractivity contribution < 1.29 is 13.2 Å². The smallest absolute Gasteiger partial charge is 0.262 e. The summed E-state index contributed by atoms with van der Waals surface area (Å²) in [5, 5.41) is 0.00168. The predicted octanol–water partition coefficient (Wildman–Crippen LogP) is 0.571. The van der Waals surface area contributed by atoms with Crippen molar-refractivity contribution in [2.75, 3.05) is 19.7 Å². The van der Waals surface area contributed by atoms with Crippen LogP contribution in [0.5, 0.6) is 5.88 Å². The van der Waals surface area contributed by atoms with Crippen LogP contribution in [0.4, 0.5) is 0 Å². The maximum absolute atomic E-state index is 12.3. The lowest BCUT2D eigenvalue weighted by molar-refractivity contribution is 0.352. The summed E-state index contributed by atoms with van der Waals surface area (Å²) in [5.74, 6) is 5.65. The molecule has 1 saturated heterocycles. The molecule has 1 aliphatic heterocycles. The van der Waals surface area contributed by atoms with Crippen LogP contribution in [-0.4, -0.2) is 47.6 Å². The van der Waals surface area contributed by atoms with E-state index in [4.69, 9.17) is 4.74 Å². The second kappa shape index (κ2) is 6.43. The lowest BCUT2D eigenvalue weighted by atomic mass is 10.4.